The van der Waals surface area contributed by atoms with E-state index in [4.69, 9.17) is 18.9 Å². The molecule has 8 heteroatoms. The first-order chi connectivity index (χ1) is 16.5. The minimum absolute atomic E-state index is 0.0764. The molecule has 7 nitrogen and oxygen atoms in total. The van der Waals surface area contributed by atoms with E-state index in [1.807, 2.05) is 37.3 Å². The third-order valence-electron chi connectivity index (χ3n) is 5.37. The third kappa shape index (κ3) is 6.05. The minimum Gasteiger partial charge on any atom is -0.490 e. The number of rotatable bonds is 9. The predicted octanol–water partition coefficient (Wildman–Crippen LogP) is 5.03. The molecule has 1 aliphatic rings. The molecule has 0 saturated carbocycles. The number of amides is 1. The van der Waals surface area contributed by atoms with Crippen LogP contribution in [0.15, 0.2) is 59.7 Å². The normalized spacial score (nSPS) is 15.0. The number of ether oxygens (including phenoxy) is 4. The molecule has 0 unspecified atom stereocenters. The predicted molar refractivity (Wildman–Crippen MR) is 139 cm³/mol. The van der Waals surface area contributed by atoms with E-state index in [1.165, 1.54) is 10.8 Å². The summed E-state index contributed by atoms with van der Waals surface area (Å²) in [4.78, 5) is 12.2. The summed E-state index contributed by atoms with van der Waals surface area (Å²) >= 11 is 2.22. The molecule has 3 aromatic rings. The largest absolute Gasteiger partial charge is 0.490 e. The molecule has 4 rings (SSSR count). The van der Waals surface area contributed by atoms with E-state index in [-0.39, 0.29) is 12.3 Å². The Morgan fingerprint density at radius 2 is 1.91 bits per heavy atom. The van der Waals surface area contributed by atoms with Gasteiger partial charge in [-0.05, 0) is 70.5 Å². The minimum atomic E-state index is -0.889. The van der Waals surface area contributed by atoms with E-state index in [2.05, 4.69) is 57.4 Å². The van der Waals surface area contributed by atoms with Crippen LogP contribution in [0, 0.1) is 3.57 Å². The summed E-state index contributed by atoms with van der Waals surface area (Å²) in [5, 5.41) is 6.42. The van der Waals surface area contributed by atoms with E-state index in [9.17, 15) is 4.79 Å². The molecule has 0 atom stereocenters. The Morgan fingerprint density at radius 3 is 2.71 bits per heavy atom. The second-order valence-corrected chi connectivity index (χ2v) is 9.15. The molecule has 178 valence electrons. The highest BCUT2D eigenvalue weighted by molar-refractivity contribution is 14.1. The summed E-state index contributed by atoms with van der Waals surface area (Å²) in [7, 11) is 0. The molecule has 1 N–H and O–H groups in total. The molecule has 1 amide bonds. The lowest BCUT2D eigenvalue weighted by atomic mass is 10.1. The maximum absolute atomic E-state index is 12.2. The van der Waals surface area contributed by atoms with E-state index >= 15 is 0 Å². The maximum Gasteiger partial charge on any atom is 0.245 e. The van der Waals surface area contributed by atoms with Gasteiger partial charge in [-0.15, -0.1) is 0 Å². The molecule has 1 saturated heterocycles. The molecular weight excluding hydrogens is 547 g/mol. The molecule has 1 heterocycles. The van der Waals surface area contributed by atoms with Crippen LogP contribution >= 0.6 is 22.6 Å². The lowest BCUT2D eigenvalue weighted by Crippen LogP contribution is -2.33. The van der Waals surface area contributed by atoms with Crippen molar-refractivity contribution in [3.8, 4) is 11.5 Å². The second-order valence-electron chi connectivity index (χ2n) is 7.99. The molecule has 0 radical (unpaired) electrons. The van der Waals surface area contributed by atoms with Gasteiger partial charge < -0.3 is 18.9 Å². The summed E-state index contributed by atoms with van der Waals surface area (Å²) in [6.45, 7) is 5.56. The Kier molecular flexibility index (Phi) is 8.02. The molecular formula is C26H27IN2O5. The summed E-state index contributed by atoms with van der Waals surface area (Å²) in [6, 6.07) is 18.2. The van der Waals surface area contributed by atoms with Crippen molar-refractivity contribution in [1.82, 2.24) is 5.43 Å². The zero-order valence-electron chi connectivity index (χ0n) is 19.2. The average molecular weight is 574 g/mol. The van der Waals surface area contributed by atoms with Crippen molar-refractivity contribution in [3.05, 3.63) is 69.3 Å². The van der Waals surface area contributed by atoms with Crippen LogP contribution in [0.5, 0.6) is 11.5 Å². The lowest BCUT2D eigenvalue weighted by molar-refractivity contribution is -0.159. The van der Waals surface area contributed by atoms with Crippen LogP contribution in [0.2, 0.25) is 0 Å². The number of carbonyl (C=O) groups is 1. The summed E-state index contributed by atoms with van der Waals surface area (Å²) < 4.78 is 23.9. The Bertz CT molecular complexity index is 1190. The van der Waals surface area contributed by atoms with Gasteiger partial charge >= 0.3 is 0 Å². The van der Waals surface area contributed by atoms with Crippen LogP contribution < -0.4 is 14.9 Å². The number of hydrogen-bond acceptors (Lipinski definition) is 6. The Morgan fingerprint density at radius 1 is 1.15 bits per heavy atom. The number of halogens is 1. The molecule has 3 aromatic carbocycles. The van der Waals surface area contributed by atoms with Gasteiger partial charge in [0.2, 0.25) is 5.91 Å². The van der Waals surface area contributed by atoms with Crippen LogP contribution in [0.4, 0.5) is 0 Å². The van der Waals surface area contributed by atoms with E-state index in [0.717, 1.165) is 14.7 Å². The summed E-state index contributed by atoms with van der Waals surface area (Å²) in [6.07, 6.45) is 1.66. The fourth-order valence-electron chi connectivity index (χ4n) is 3.80. The number of carbonyl (C=O) groups excluding carboxylic acids is 1. The first kappa shape index (κ1) is 24.4. The van der Waals surface area contributed by atoms with Gasteiger partial charge in [-0.2, -0.15) is 5.10 Å². The van der Waals surface area contributed by atoms with Crippen LogP contribution in [0.1, 0.15) is 31.4 Å². The molecule has 0 spiro atoms. The quantitative estimate of drug-likeness (QED) is 0.221. The monoisotopic (exact) mass is 574 g/mol. The smallest absolute Gasteiger partial charge is 0.245 e. The highest BCUT2D eigenvalue weighted by atomic mass is 127. The van der Waals surface area contributed by atoms with E-state index < -0.39 is 5.79 Å². The van der Waals surface area contributed by atoms with Gasteiger partial charge in [-0.1, -0.05) is 42.5 Å². The highest BCUT2D eigenvalue weighted by Gasteiger charge is 2.33. The number of benzene rings is 3. The zero-order valence-corrected chi connectivity index (χ0v) is 21.3. The molecule has 1 aliphatic heterocycles. The molecule has 34 heavy (non-hydrogen) atoms. The van der Waals surface area contributed by atoms with Gasteiger partial charge in [0.1, 0.15) is 6.61 Å². The number of hydrazone groups is 1. The van der Waals surface area contributed by atoms with Gasteiger partial charge in [-0.3, -0.25) is 4.79 Å². The Hall–Kier alpha value is -2.69. The van der Waals surface area contributed by atoms with Crippen LogP contribution in [0.25, 0.3) is 10.8 Å². The van der Waals surface area contributed by atoms with Crippen LogP contribution in [-0.4, -0.2) is 37.7 Å². The van der Waals surface area contributed by atoms with E-state index in [1.54, 1.807) is 13.1 Å². The maximum atomic E-state index is 12.2. The van der Waals surface area contributed by atoms with Gasteiger partial charge in [0.25, 0.3) is 0 Å². The first-order valence-corrected chi connectivity index (χ1v) is 12.2. The van der Waals surface area contributed by atoms with Crippen molar-refractivity contribution >= 4 is 45.5 Å². The number of nitrogens with zero attached hydrogens (tertiary/aromatic N) is 1. The lowest BCUT2D eigenvalue weighted by Gasteiger charge is -2.20. The molecule has 0 aliphatic carbocycles. The van der Waals surface area contributed by atoms with Crippen molar-refractivity contribution in [3.63, 3.8) is 0 Å². The molecule has 0 aromatic heterocycles. The topological polar surface area (TPSA) is 78.4 Å². The third-order valence-corrected chi connectivity index (χ3v) is 6.17. The summed E-state index contributed by atoms with van der Waals surface area (Å²) in [5.41, 5.74) is 4.42. The molecule has 1 fully saturated rings. The van der Waals surface area contributed by atoms with Gasteiger partial charge in [0.15, 0.2) is 17.3 Å². The van der Waals surface area contributed by atoms with Crippen molar-refractivity contribution in [1.29, 1.82) is 0 Å². The highest BCUT2D eigenvalue weighted by Crippen LogP contribution is 2.35. The first-order valence-electron chi connectivity index (χ1n) is 11.1. The van der Waals surface area contributed by atoms with Crippen molar-refractivity contribution in [2.75, 3.05) is 19.8 Å². The van der Waals surface area contributed by atoms with Crippen LogP contribution in [-0.2, 0) is 20.9 Å². The second kappa shape index (κ2) is 11.2. The van der Waals surface area contributed by atoms with Crippen molar-refractivity contribution in [2.24, 2.45) is 5.10 Å². The van der Waals surface area contributed by atoms with E-state index in [0.29, 0.717) is 37.9 Å². The Balaban J connectivity index is 1.45. The van der Waals surface area contributed by atoms with Gasteiger partial charge in [-0.25, -0.2) is 5.43 Å². The number of nitrogens with one attached hydrogen (secondary N) is 1. The fourth-order valence-corrected chi connectivity index (χ4v) is 4.58. The standard InChI is InChI=1S/C26H27IN2O5/c1-3-31-23-14-18(16-28-29-24(30)15-26(2)33-11-12-34-26)13-22(27)25(23)32-17-20-9-6-8-19-7-4-5-10-21(19)20/h4-10,13-14,16H,3,11-12,15,17H2,1-2H3,(H,29,30)/b28-16+. The zero-order chi connectivity index (χ0) is 24.0. The fraction of sp³-hybridized carbons (Fsp3) is 0.308. The molecule has 0 bridgehead atoms. The van der Waals surface area contributed by atoms with Gasteiger partial charge in [0, 0.05) is 0 Å². The van der Waals surface area contributed by atoms with Crippen molar-refractivity contribution < 1.29 is 23.7 Å². The average Bonchev–Trinajstić information content (AvgIpc) is 3.24. The van der Waals surface area contributed by atoms with Crippen LogP contribution in [0.3, 0.4) is 0 Å². The number of hydrogen-bond donors (Lipinski definition) is 1. The Labute approximate surface area is 212 Å². The summed E-state index contributed by atoms with van der Waals surface area (Å²) in [5.74, 6) is 0.137. The van der Waals surface area contributed by atoms with Gasteiger partial charge in [0.05, 0.1) is 36.0 Å². The number of fused-ring (bicyclic) bond motifs is 1. The van der Waals surface area contributed by atoms with Crippen molar-refractivity contribution in [2.45, 2.75) is 32.7 Å². The SMILES string of the molecule is CCOc1cc(/C=N/NC(=O)CC2(C)OCCO2)cc(I)c1OCc1cccc2ccccc12.